The van der Waals surface area contributed by atoms with Gasteiger partial charge >= 0.3 is 6.03 Å². The van der Waals surface area contributed by atoms with Crippen LogP contribution in [0, 0.1) is 0 Å². The van der Waals surface area contributed by atoms with E-state index in [1.807, 2.05) is 4.90 Å². The third-order valence-corrected chi connectivity index (χ3v) is 3.97. The number of nitrogens with one attached hydrogen (secondary N) is 1. The average Bonchev–Trinajstić information content (AvgIpc) is 3.28. The second kappa shape index (κ2) is 6.78. The van der Waals surface area contributed by atoms with Crippen LogP contribution in [-0.4, -0.2) is 65.1 Å². The van der Waals surface area contributed by atoms with Crippen molar-refractivity contribution < 1.29 is 10.0 Å². The molecule has 1 aliphatic heterocycles. The van der Waals surface area contributed by atoms with E-state index in [1.54, 1.807) is 0 Å². The van der Waals surface area contributed by atoms with Crippen molar-refractivity contribution in [2.75, 3.05) is 26.2 Å². The maximum atomic E-state index is 11.9. The summed E-state index contributed by atoms with van der Waals surface area (Å²) in [6.07, 6.45) is 4.05. The molecule has 1 unspecified atom stereocenters. The fourth-order valence-corrected chi connectivity index (χ4v) is 2.59. The first-order valence-electron chi connectivity index (χ1n) is 7.42. The zero-order valence-corrected chi connectivity index (χ0v) is 12.1. The van der Waals surface area contributed by atoms with Crippen molar-refractivity contribution in [1.29, 1.82) is 0 Å². The third-order valence-electron chi connectivity index (χ3n) is 3.97. The van der Waals surface area contributed by atoms with Gasteiger partial charge in [0.25, 0.3) is 0 Å². The number of rotatable bonds is 5. The van der Waals surface area contributed by atoms with Crippen LogP contribution in [0.15, 0.2) is 5.16 Å². The zero-order valence-electron chi connectivity index (χ0n) is 12.1. The van der Waals surface area contributed by atoms with E-state index < -0.39 is 0 Å². The summed E-state index contributed by atoms with van der Waals surface area (Å²) in [5, 5.41) is 15.0. The molecule has 114 valence electrons. The molecule has 2 amide bonds. The minimum absolute atomic E-state index is 0.0290. The Bertz CT molecular complexity index is 362. The normalized spacial score (nSPS) is 22.6. The van der Waals surface area contributed by atoms with Crippen molar-refractivity contribution in [3.8, 4) is 0 Å². The van der Waals surface area contributed by atoms with E-state index in [0.717, 1.165) is 38.8 Å². The van der Waals surface area contributed by atoms with Gasteiger partial charge in [-0.3, -0.25) is 4.90 Å². The Kier molecular flexibility index (Phi) is 5.05. The number of amides is 2. The molecule has 2 rings (SSSR count). The maximum Gasteiger partial charge on any atom is 0.317 e. The highest BCUT2D eigenvalue weighted by molar-refractivity contribution is 5.85. The number of nitrogens with two attached hydrogens (primary N) is 1. The lowest BCUT2D eigenvalue weighted by molar-refractivity contribution is 0.122. The minimum Gasteiger partial charge on any atom is -0.409 e. The fraction of sp³-hybridized carbons (Fsp3) is 0.846. The van der Waals surface area contributed by atoms with Crippen molar-refractivity contribution >= 4 is 11.9 Å². The van der Waals surface area contributed by atoms with Crippen LogP contribution in [0.1, 0.15) is 32.6 Å². The maximum absolute atomic E-state index is 11.9. The van der Waals surface area contributed by atoms with Gasteiger partial charge < -0.3 is 21.2 Å². The molecule has 0 aromatic rings. The number of oxime groups is 1. The quantitative estimate of drug-likeness (QED) is 0.294. The summed E-state index contributed by atoms with van der Waals surface area (Å²) in [5.41, 5.74) is 5.77. The van der Waals surface area contributed by atoms with Gasteiger partial charge in [0, 0.05) is 32.2 Å². The van der Waals surface area contributed by atoms with Crippen LogP contribution in [0.3, 0.4) is 0 Å². The predicted molar refractivity (Wildman–Crippen MR) is 76.8 cm³/mol. The van der Waals surface area contributed by atoms with E-state index in [-0.39, 0.29) is 17.9 Å². The summed E-state index contributed by atoms with van der Waals surface area (Å²) < 4.78 is 0. The number of hydrogen-bond acceptors (Lipinski definition) is 4. The van der Waals surface area contributed by atoms with E-state index in [0.29, 0.717) is 19.1 Å². The molecule has 20 heavy (non-hydrogen) atoms. The van der Waals surface area contributed by atoms with E-state index >= 15 is 0 Å². The van der Waals surface area contributed by atoms with Gasteiger partial charge in [0.05, 0.1) is 6.04 Å². The molecular weight excluding hydrogens is 258 g/mol. The molecule has 0 bridgehead atoms. The van der Waals surface area contributed by atoms with Gasteiger partial charge in [-0.15, -0.1) is 0 Å². The molecule has 1 aliphatic carbocycles. The predicted octanol–water partition coefficient (Wildman–Crippen LogP) is 0.391. The van der Waals surface area contributed by atoms with Crippen LogP contribution >= 0.6 is 0 Å². The van der Waals surface area contributed by atoms with Gasteiger partial charge in [-0.25, -0.2) is 4.79 Å². The molecule has 1 heterocycles. The molecule has 0 radical (unpaired) electrons. The molecule has 1 saturated carbocycles. The van der Waals surface area contributed by atoms with E-state index in [9.17, 15) is 4.79 Å². The van der Waals surface area contributed by atoms with Gasteiger partial charge in [-0.2, -0.15) is 0 Å². The number of amidine groups is 1. The van der Waals surface area contributed by atoms with Crippen molar-refractivity contribution in [3.63, 3.8) is 0 Å². The summed E-state index contributed by atoms with van der Waals surface area (Å²) in [5.74, 6) is 0.266. The Labute approximate surface area is 119 Å². The zero-order chi connectivity index (χ0) is 14.5. The van der Waals surface area contributed by atoms with Crippen molar-refractivity contribution in [2.24, 2.45) is 10.9 Å². The van der Waals surface area contributed by atoms with Crippen molar-refractivity contribution in [3.05, 3.63) is 0 Å². The monoisotopic (exact) mass is 283 g/mol. The lowest BCUT2D eigenvalue weighted by Crippen LogP contribution is -2.56. The standard InChI is InChI=1S/C13H25N5O2/c1-2-3-11(12(14)16-20)17-6-8-18(9-7-17)13(19)15-10-4-5-10/h10-11,20H,2-9H2,1H3,(H2,14,16)(H,15,19). The van der Waals surface area contributed by atoms with Crippen LogP contribution in [0.2, 0.25) is 0 Å². The Hall–Kier alpha value is -1.50. The molecule has 7 nitrogen and oxygen atoms in total. The molecule has 0 aromatic heterocycles. The van der Waals surface area contributed by atoms with Gasteiger partial charge in [0.2, 0.25) is 0 Å². The summed E-state index contributed by atoms with van der Waals surface area (Å²) in [6, 6.07) is 0.409. The molecule has 1 atom stereocenters. The van der Waals surface area contributed by atoms with E-state index in [2.05, 4.69) is 22.3 Å². The number of piperazine rings is 1. The Morgan fingerprint density at radius 1 is 1.40 bits per heavy atom. The molecule has 0 spiro atoms. The van der Waals surface area contributed by atoms with Crippen LogP contribution in [-0.2, 0) is 0 Å². The van der Waals surface area contributed by atoms with Crippen LogP contribution in [0.25, 0.3) is 0 Å². The first kappa shape index (κ1) is 14.9. The van der Waals surface area contributed by atoms with Gasteiger partial charge in [-0.1, -0.05) is 18.5 Å². The lowest BCUT2D eigenvalue weighted by Gasteiger charge is -2.38. The topological polar surface area (TPSA) is 94.2 Å². The van der Waals surface area contributed by atoms with Crippen LogP contribution in [0.5, 0.6) is 0 Å². The lowest BCUT2D eigenvalue weighted by atomic mass is 10.1. The first-order valence-corrected chi connectivity index (χ1v) is 7.42. The van der Waals surface area contributed by atoms with Crippen molar-refractivity contribution in [1.82, 2.24) is 15.1 Å². The molecule has 2 fully saturated rings. The number of carbonyl (C=O) groups is 1. The summed E-state index contributed by atoms with van der Waals surface area (Å²) >= 11 is 0. The molecule has 2 aliphatic rings. The largest absolute Gasteiger partial charge is 0.409 e. The van der Waals surface area contributed by atoms with Gasteiger partial charge in [0.15, 0.2) is 5.84 Å². The average molecular weight is 283 g/mol. The highest BCUT2D eigenvalue weighted by Gasteiger charge is 2.30. The molecule has 1 saturated heterocycles. The van der Waals surface area contributed by atoms with Crippen LogP contribution in [0.4, 0.5) is 4.79 Å². The number of nitrogens with zero attached hydrogens (tertiary/aromatic N) is 3. The first-order chi connectivity index (χ1) is 9.65. The SMILES string of the molecule is CCCC(C(N)=NO)N1CCN(C(=O)NC2CC2)CC1. The highest BCUT2D eigenvalue weighted by atomic mass is 16.4. The smallest absolute Gasteiger partial charge is 0.317 e. The number of urea groups is 1. The summed E-state index contributed by atoms with van der Waals surface area (Å²) in [6.45, 7) is 4.99. The van der Waals surface area contributed by atoms with E-state index in [4.69, 9.17) is 10.9 Å². The molecule has 4 N–H and O–H groups in total. The Morgan fingerprint density at radius 3 is 2.55 bits per heavy atom. The van der Waals surface area contributed by atoms with E-state index in [1.165, 1.54) is 0 Å². The Balaban J connectivity index is 1.83. The van der Waals surface area contributed by atoms with Crippen molar-refractivity contribution in [2.45, 2.75) is 44.7 Å². The summed E-state index contributed by atoms with van der Waals surface area (Å²) in [4.78, 5) is 16.0. The minimum atomic E-state index is -0.0290. The highest BCUT2D eigenvalue weighted by Crippen LogP contribution is 2.19. The van der Waals surface area contributed by atoms with Gasteiger partial charge in [-0.05, 0) is 19.3 Å². The summed E-state index contributed by atoms with van der Waals surface area (Å²) in [7, 11) is 0. The van der Waals surface area contributed by atoms with Gasteiger partial charge in [0.1, 0.15) is 0 Å². The second-order valence-corrected chi connectivity index (χ2v) is 5.58. The Morgan fingerprint density at radius 2 is 2.05 bits per heavy atom. The molecule has 0 aromatic carbocycles. The fourth-order valence-electron chi connectivity index (χ4n) is 2.59. The van der Waals surface area contributed by atoms with Crippen LogP contribution < -0.4 is 11.1 Å². The second-order valence-electron chi connectivity index (χ2n) is 5.58. The molecule has 7 heteroatoms. The number of carbonyl (C=O) groups excluding carboxylic acids is 1. The molecular formula is C13H25N5O2. The third kappa shape index (κ3) is 3.75. The number of hydrogen-bond donors (Lipinski definition) is 3.